The third-order valence-electron chi connectivity index (χ3n) is 3.71. The van der Waals surface area contributed by atoms with Crippen molar-refractivity contribution >= 4 is 10.0 Å². The standard InChI is InChI=1S/C13H22FNO3S/c1-13(2)6-5-12(18-10-13)9-19(16,17)15-7-3-4-11(14)8-15/h4,12H,3,5-10H2,1-2H3. The zero-order valence-corrected chi connectivity index (χ0v) is 12.4. The summed E-state index contributed by atoms with van der Waals surface area (Å²) >= 11 is 0. The molecule has 0 spiro atoms. The molecule has 0 saturated carbocycles. The van der Waals surface area contributed by atoms with Crippen molar-refractivity contribution < 1.29 is 17.5 Å². The van der Waals surface area contributed by atoms with Crippen LogP contribution in [0.1, 0.15) is 33.1 Å². The molecule has 1 fully saturated rings. The van der Waals surface area contributed by atoms with Crippen LogP contribution in [0, 0.1) is 5.41 Å². The molecule has 0 amide bonds. The molecule has 1 unspecified atom stereocenters. The van der Waals surface area contributed by atoms with Gasteiger partial charge in [0, 0.05) is 6.54 Å². The van der Waals surface area contributed by atoms with Gasteiger partial charge in [0.15, 0.2) is 0 Å². The zero-order chi connectivity index (χ0) is 14.1. The maximum atomic E-state index is 13.2. The van der Waals surface area contributed by atoms with Gasteiger partial charge in [-0.25, -0.2) is 12.8 Å². The van der Waals surface area contributed by atoms with E-state index in [1.165, 1.54) is 10.4 Å². The fourth-order valence-electron chi connectivity index (χ4n) is 2.44. The number of rotatable bonds is 3. The van der Waals surface area contributed by atoms with Crippen LogP contribution in [-0.2, 0) is 14.8 Å². The summed E-state index contributed by atoms with van der Waals surface area (Å²) in [5, 5.41) is 0. The quantitative estimate of drug-likeness (QED) is 0.800. The summed E-state index contributed by atoms with van der Waals surface area (Å²) in [6.45, 7) is 5.06. The zero-order valence-electron chi connectivity index (χ0n) is 11.6. The summed E-state index contributed by atoms with van der Waals surface area (Å²) < 4.78 is 44.5. The molecule has 6 heteroatoms. The van der Waals surface area contributed by atoms with Gasteiger partial charge in [-0.2, -0.15) is 4.31 Å². The van der Waals surface area contributed by atoms with Crippen LogP contribution in [0.5, 0.6) is 0 Å². The smallest absolute Gasteiger partial charge is 0.217 e. The Hall–Kier alpha value is -0.460. The molecule has 1 saturated heterocycles. The normalized spacial score (nSPS) is 29.0. The summed E-state index contributed by atoms with van der Waals surface area (Å²) in [7, 11) is -3.43. The summed E-state index contributed by atoms with van der Waals surface area (Å²) in [6.07, 6.45) is 3.35. The van der Waals surface area contributed by atoms with Gasteiger partial charge >= 0.3 is 0 Å². The SMILES string of the molecule is CC1(C)CCC(CS(=O)(=O)N2CCC=C(F)C2)OC1. The van der Waals surface area contributed by atoms with E-state index >= 15 is 0 Å². The molecule has 2 aliphatic heterocycles. The van der Waals surface area contributed by atoms with Crippen molar-refractivity contribution in [1.82, 2.24) is 4.31 Å². The number of halogens is 1. The van der Waals surface area contributed by atoms with E-state index in [0.717, 1.165) is 12.8 Å². The second-order valence-corrected chi connectivity index (χ2v) is 8.20. The van der Waals surface area contributed by atoms with E-state index in [9.17, 15) is 12.8 Å². The minimum Gasteiger partial charge on any atom is -0.377 e. The van der Waals surface area contributed by atoms with Crippen molar-refractivity contribution in [2.75, 3.05) is 25.4 Å². The third kappa shape index (κ3) is 4.00. The van der Waals surface area contributed by atoms with Crippen molar-refractivity contribution in [3.8, 4) is 0 Å². The van der Waals surface area contributed by atoms with Crippen LogP contribution in [0.15, 0.2) is 11.9 Å². The summed E-state index contributed by atoms with van der Waals surface area (Å²) in [4.78, 5) is 0. The Kier molecular flexibility index (Phi) is 4.32. The molecule has 0 aromatic rings. The first kappa shape index (κ1) is 14.9. The van der Waals surface area contributed by atoms with E-state index in [2.05, 4.69) is 13.8 Å². The first-order valence-corrected chi connectivity index (χ1v) is 8.33. The molecular weight excluding hydrogens is 269 g/mol. The predicted molar refractivity (Wildman–Crippen MR) is 71.9 cm³/mol. The van der Waals surface area contributed by atoms with Crippen LogP contribution in [-0.4, -0.2) is 44.3 Å². The van der Waals surface area contributed by atoms with Gasteiger partial charge in [-0.15, -0.1) is 0 Å². The molecule has 0 radical (unpaired) electrons. The molecule has 0 aromatic heterocycles. The van der Waals surface area contributed by atoms with Crippen LogP contribution < -0.4 is 0 Å². The molecule has 1 atom stereocenters. The van der Waals surface area contributed by atoms with Gasteiger partial charge < -0.3 is 4.74 Å². The third-order valence-corrected chi connectivity index (χ3v) is 5.61. The highest BCUT2D eigenvalue weighted by atomic mass is 32.2. The van der Waals surface area contributed by atoms with E-state index in [1.807, 2.05) is 0 Å². The Morgan fingerprint density at radius 3 is 2.84 bits per heavy atom. The molecule has 0 N–H and O–H groups in total. The highest BCUT2D eigenvalue weighted by Crippen LogP contribution is 2.30. The summed E-state index contributed by atoms with van der Waals surface area (Å²) in [5.74, 6) is -0.392. The Morgan fingerprint density at radius 1 is 1.53 bits per heavy atom. The van der Waals surface area contributed by atoms with Gasteiger partial charge in [-0.05, 0) is 24.7 Å². The average molecular weight is 291 g/mol. The maximum Gasteiger partial charge on any atom is 0.217 e. The summed E-state index contributed by atoms with van der Waals surface area (Å²) in [5.41, 5.74) is 0.125. The second-order valence-electron chi connectivity index (χ2n) is 6.19. The first-order chi connectivity index (χ1) is 8.78. The lowest BCUT2D eigenvalue weighted by molar-refractivity contribution is -0.0374. The molecule has 4 nitrogen and oxygen atoms in total. The molecule has 0 aromatic carbocycles. The van der Waals surface area contributed by atoms with Gasteiger partial charge in [0.05, 0.1) is 25.0 Å². The molecule has 2 rings (SSSR count). The Balaban J connectivity index is 1.93. The van der Waals surface area contributed by atoms with E-state index < -0.39 is 10.0 Å². The van der Waals surface area contributed by atoms with Crippen molar-refractivity contribution in [2.24, 2.45) is 5.41 Å². The van der Waals surface area contributed by atoms with Gasteiger partial charge in [0.25, 0.3) is 0 Å². The predicted octanol–water partition coefficient (Wildman–Crippen LogP) is 2.08. The molecule has 0 bridgehead atoms. The molecule has 110 valence electrons. The highest BCUT2D eigenvalue weighted by molar-refractivity contribution is 7.89. The molecule has 2 aliphatic rings. The largest absolute Gasteiger partial charge is 0.377 e. The van der Waals surface area contributed by atoms with Gasteiger partial charge in [-0.3, -0.25) is 0 Å². The van der Waals surface area contributed by atoms with Gasteiger partial charge in [0.1, 0.15) is 5.83 Å². The van der Waals surface area contributed by atoms with Crippen LogP contribution >= 0.6 is 0 Å². The van der Waals surface area contributed by atoms with Gasteiger partial charge in [0.2, 0.25) is 10.0 Å². The van der Waals surface area contributed by atoms with Crippen molar-refractivity contribution in [2.45, 2.75) is 39.2 Å². The van der Waals surface area contributed by atoms with Crippen molar-refractivity contribution in [3.05, 3.63) is 11.9 Å². The molecule has 2 heterocycles. The van der Waals surface area contributed by atoms with E-state index in [1.54, 1.807) is 0 Å². The number of ether oxygens (including phenoxy) is 1. The average Bonchev–Trinajstić information content (AvgIpc) is 2.32. The Bertz CT molecular complexity index is 449. The van der Waals surface area contributed by atoms with Crippen molar-refractivity contribution in [3.63, 3.8) is 0 Å². The van der Waals surface area contributed by atoms with Gasteiger partial charge in [-0.1, -0.05) is 19.9 Å². The number of sulfonamides is 1. The lowest BCUT2D eigenvalue weighted by Gasteiger charge is -2.35. The van der Waals surface area contributed by atoms with Crippen LogP contribution in [0.4, 0.5) is 4.39 Å². The topological polar surface area (TPSA) is 46.6 Å². The Labute approximate surface area is 114 Å². The second kappa shape index (κ2) is 5.50. The summed E-state index contributed by atoms with van der Waals surface area (Å²) in [6, 6.07) is 0. The number of hydrogen-bond donors (Lipinski definition) is 0. The molecule has 19 heavy (non-hydrogen) atoms. The lowest BCUT2D eigenvalue weighted by Crippen LogP contribution is -2.42. The van der Waals surface area contributed by atoms with E-state index in [-0.39, 0.29) is 29.6 Å². The minimum absolute atomic E-state index is 0.0314. The van der Waals surface area contributed by atoms with Crippen LogP contribution in [0.2, 0.25) is 0 Å². The van der Waals surface area contributed by atoms with Crippen LogP contribution in [0.25, 0.3) is 0 Å². The number of hydrogen-bond acceptors (Lipinski definition) is 3. The molecule has 0 aliphatic carbocycles. The maximum absolute atomic E-state index is 13.2. The first-order valence-electron chi connectivity index (χ1n) is 6.72. The minimum atomic E-state index is -3.43. The monoisotopic (exact) mass is 291 g/mol. The van der Waals surface area contributed by atoms with E-state index in [0.29, 0.717) is 19.6 Å². The highest BCUT2D eigenvalue weighted by Gasteiger charge is 2.33. The Morgan fingerprint density at radius 2 is 2.26 bits per heavy atom. The number of nitrogens with zero attached hydrogens (tertiary/aromatic N) is 1. The fraction of sp³-hybridized carbons (Fsp3) is 0.846. The molecular formula is C13H22FNO3S. The van der Waals surface area contributed by atoms with E-state index in [4.69, 9.17) is 4.74 Å². The fourth-order valence-corrected chi connectivity index (χ4v) is 4.08. The van der Waals surface area contributed by atoms with Crippen molar-refractivity contribution in [1.29, 1.82) is 0 Å². The van der Waals surface area contributed by atoms with Crippen LogP contribution in [0.3, 0.4) is 0 Å². The lowest BCUT2D eigenvalue weighted by atomic mass is 9.86.